The van der Waals surface area contributed by atoms with Gasteiger partial charge in [0.25, 0.3) is 5.91 Å². The van der Waals surface area contributed by atoms with Crippen LogP contribution in [0.5, 0.6) is 5.75 Å². The highest BCUT2D eigenvalue weighted by molar-refractivity contribution is 7.99. The first-order valence-corrected chi connectivity index (χ1v) is 14.1. The van der Waals surface area contributed by atoms with Crippen molar-refractivity contribution in [1.29, 1.82) is 0 Å². The van der Waals surface area contributed by atoms with Crippen molar-refractivity contribution in [3.63, 3.8) is 0 Å². The number of amides is 2. The Bertz CT molecular complexity index is 1430. The third-order valence-corrected chi connectivity index (χ3v) is 7.05. The van der Waals surface area contributed by atoms with Gasteiger partial charge in [0.2, 0.25) is 5.91 Å². The molecule has 14 heteroatoms. The van der Waals surface area contributed by atoms with Crippen molar-refractivity contribution in [3.8, 4) is 11.4 Å². The standard InChI is InChI=1S/C26H25F3N6O3S2/c1-2-3-12-38-20-9-7-17(8-10-20)23(37)31-15-21-33-34-25(40-16-22(36)32-24-30-11-13-39-24)35(21)19-6-4-5-18(14-19)26(27,28)29/h4-11,13-14H,2-3,12,15-16H2,1H3,(H,31,37)(H,30,32,36). The lowest BCUT2D eigenvalue weighted by Crippen LogP contribution is -2.24. The van der Waals surface area contributed by atoms with E-state index in [0.29, 0.717) is 23.1 Å². The Labute approximate surface area is 236 Å². The lowest BCUT2D eigenvalue weighted by Gasteiger charge is -2.13. The van der Waals surface area contributed by atoms with E-state index >= 15 is 0 Å². The van der Waals surface area contributed by atoms with E-state index in [1.54, 1.807) is 35.8 Å². The van der Waals surface area contributed by atoms with Crippen molar-refractivity contribution in [1.82, 2.24) is 25.1 Å². The molecule has 0 spiro atoms. The summed E-state index contributed by atoms with van der Waals surface area (Å²) in [4.78, 5) is 29.1. The van der Waals surface area contributed by atoms with Crippen molar-refractivity contribution in [2.45, 2.75) is 37.6 Å². The Balaban J connectivity index is 1.51. The van der Waals surface area contributed by atoms with Gasteiger partial charge in [-0.3, -0.25) is 14.2 Å². The number of aromatic nitrogens is 4. The van der Waals surface area contributed by atoms with Crippen LogP contribution in [-0.2, 0) is 17.5 Å². The largest absolute Gasteiger partial charge is 0.494 e. The zero-order valence-corrected chi connectivity index (χ0v) is 22.9. The summed E-state index contributed by atoms with van der Waals surface area (Å²) in [7, 11) is 0. The van der Waals surface area contributed by atoms with Crippen LogP contribution < -0.4 is 15.4 Å². The summed E-state index contributed by atoms with van der Waals surface area (Å²) >= 11 is 2.25. The Kier molecular flexibility index (Phi) is 9.77. The molecule has 0 aliphatic heterocycles. The molecule has 0 atom stereocenters. The second kappa shape index (κ2) is 13.4. The summed E-state index contributed by atoms with van der Waals surface area (Å²) in [6, 6.07) is 11.3. The lowest BCUT2D eigenvalue weighted by atomic mass is 10.2. The minimum Gasteiger partial charge on any atom is -0.494 e. The number of hydrogen-bond acceptors (Lipinski definition) is 8. The van der Waals surface area contributed by atoms with Crippen LogP contribution >= 0.6 is 23.1 Å². The molecule has 2 aromatic carbocycles. The Morgan fingerprint density at radius 1 is 1.12 bits per heavy atom. The van der Waals surface area contributed by atoms with Gasteiger partial charge in [-0.1, -0.05) is 31.2 Å². The summed E-state index contributed by atoms with van der Waals surface area (Å²) in [5.74, 6) is -0.0217. The zero-order chi connectivity index (χ0) is 28.5. The van der Waals surface area contributed by atoms with E-state index < -0.39 is 17.6 Å². The molecule has 0 unspecified atom stereocenters. The van der Waals surface area contributed by atoms with Gasteiger partial charge in [-0.05, 0) is 48.9 Å². The van der Waals surface area contributed by atoms with Crippen LogP contribution in [0.4, 0.5) is 18.3 Å². The third kappa shape index (κ3) is 7.82. The molecule has 2 amide bonds. The normalized spacial score (nSPS) is 11.3. The molecule has 40 heavy (non-hydrogen) atoms. The van der Waals surface area contributed by atoms with Crippen LogP contribution in [0.3, 0.4) is 0 Å². The topological polar surface area (TPSA) is 111 Å². The van der Waals surface area contributed by atoms with E-state index in [0.717, 1.165) is 36.7 Å². The fraction of sp³-hybridized carbons (Fsp3) is 0.269. The van der Waals surface area contributed by atoms with E-state index in [2.05, 4.69) is 32.7 Å². The molecule has 210 valence electrons. The number of alkyl halides is 3. The molecule has 2 N–H and O–H groups in total. The number of unbranched alkanes of at least 4 members (excludes halogenated alkanes) is 1. The number of rotatable bonds is 12. The molecule has 9 nitrogen and oxygen atoms in total. The monoisotopic (exact) mass is 590 g/mol. The minimum atomic E-state index is -4.56. The molecular weight excluding hydrogens is 565 g/mol. The number of anilines is 1. The van der Waals surface area contributed by atoms with E-state index in [-0.39, 0.29) is 34.9 Å². The van der Waals surface area contributed by atoms with E-state index in [1.165, 1.54) is 28.0 Å². The molecule has 0 aliphatic carbocycles. The summed E-state index contributed by atoms with van der Waals surface area (Å²) in [6.07, 6.45) is -1.09. The summed E-state index contributed by atoms with van der Waals surface area (Å²) in [6.45, 7) is 2.52. The maximum atomic E-state index is 13.4. The number of benzene rings is 2. The van der Waals surface area contributed by atoms with Gasteiger partial charge in [0.05, 0.1) is 30.2 Å². The average molecular weight is 591 g/mol. The van der Waals surface area contributed by atoms with Crippen LogP contribution in [0.15, 0.2) is 65.3 Å². The zero-order valence-electron chi connectivity index (χ0n) is 21.3. The highest BCUT2D eigenvalue weighted by atomic mass is 32.2. The van der Waals surface area contributed by atoms with Crippen LogP contribution in [0.25, 0.3) is 5.69 Å². The van der Waals surface area contributed by atoms with Crippen molar-refractivity contribution in [2.75, 3.05) is 17.7 Å². The van der Waals surface area contributed by atoms with Crippen LogP contribution in [0.2, 0.25) is 0 Å². The number of hydrogen-bond donors (Lipinski definition) is 2. The Hall–Kier alpha value is -3.91. The molecule has 0 saturated carbocycles. The van der Waals surface area contributed by atoms with Crippen LogP contribution in [0.1, 0.15) is 41.5 Å². The first kappa shape index (κ1) is 29.1. The molecule has 2 aromatic heterocycles. The lowest BCUT2D eigenvalue weighted by molar-refractivity contribution is -0.137. The molecule has 0 radical (unpaired) electrons. The minimum absolute atomic E-state index is 0.0876. The van der Waals surface area contributed by atoms with Crippen molar-refractivity contribution in [3.05, 3.63) is 77.1 Å². The van der Waals surface area contributed by atoms with Gasteiger partial charge in [-0.2, -0.15) is 13.2 Å². The SMILES string of the molecule is CCCCOc1ccc(C(=O)NCc2nnc(SCC(=O)Nc3nccs3)n2-c2cccc(C(F)(F)F)c2)cc1. The van der Waals surface area contributed by atoms with Gasteiger partial charge in [0, 0.05) is 17.1 Å². The second-order valence-corrected chi connectivity index (χ2v) is 10.2. The maximum Gasteiger partial charge on any atom is 0.416 e. The highest BCUT2D eigenvalue weighted by Crippen LogP contribution is 2.32. The summed E-state index contributed by atoms with van der Waals surface area (Å²) < 4.78 is 47.3. The van der Waals surface area contributed by atoms with Gasteiger partial charge < -0.3 is 15.4 Å². The smallest absolute Gasteiger partial charge is 0.416 e. The van der Waals surface area contributed by atoms with E-state index in [9.17, 15) is 22.8 Å². The summed E-state index contributed by atoms with van der Waals surface area (Å²) in [5.41, 5.74) is -0.339. The van der Waals surface area contributed by atoms with Gasteiger partial charge in [0.1, 0.15) is 5.75 Å². The maximum absolute atomic E-state index is 13.4. The number of carbonyl (C=O) groups excluding carboxylic acids is 2. The fourth-order valence-electron chi connectivity index (χ4n) is 3.46. The number of thioether (sulfide) groups is 1. The van der Waals surface area contributed by atoms with E-state index in [1.807, 2.05) is 0 Å². The van der Waals surface area contributed by atoms with Crippen LogP contribution in [0, 0.1) is 0 Å². The number of nitrogens with one attached hydrogen (secondary N) is 2. The van der Waals surface area contributed by atoms with Crippen molar-refractivity contribution < 1.29 is 27.5 Å². The quantitative estimate of drug-likeness (QED) is 0.164. The Morgan fingerprint density at radius 3 is 2.62 bits per heavy atom. The molecule has 0 fully saturated rings. The first-order chi connectivity index (χ1) is 19.2. The second-order valence-electron chi connectivity index (χ2n) is 8.37. The molecule has 2 heterocycles. The van der Waals surface area contributed by atoms with Gasteiger partial charge in [-0.25, -0.2) is 4.98 Å². The first-order valence-electron chi connectivity index (χ1n) is 12.2. The van der Waals surface area contributed by atoms with Crippen molar-refractivity contribution in [2.24, 2.45) is 0 Å². The highest BCUT2D eigenvalue weighted by Gasteiger charge is 2.31. The molecule has 4 aromatic rings. The molecular formula is C26H25F3N6O3S2. The van der Waals surface area contributed by atoms with Gasteiger partial charge in [-0.15, -0.1) is 21.5 Å². The number of ether oxygens (including phenoxy) is 1. The van der Waals surface area contributed by atoms with Gasteiger partial charge >= 0.3 is 6.18 Å². The molecule has 0 saturated heterocycles. The number of nitrogens with zero attached hydrogens (tertiary/aromatic N) is 4. The van der Waals surface area contributed by atoms with Crippen LogP contribution in [-0.4, -0.2) is 43.9 Å². The number of carbonyl (C=O) groups is 2. The van der Waals surface area contributed by atoms with Gasteiger partial charge in [0.15, 0.2) is 16.1 Å². The number of halogens is 3. The predicted molar refractivity (Wildman–Crippen MR) is 146 cm³/mol. The summed E-state index contributed by atoms with van der Waals surface area (Å²) in [5, 5.41) is 15.9. The molecule has 4 rings (SSSR count). The average Bonchev–Trinajstić information content (AvgIpc) is 3.60. The molecule has 0 bridgehead atoms. The third-order valence-electron chi connectivity index (χ3n) is 5.43. The fourth-order valence-corrected chi connectivity index (χ4v) is 4.77. The molecule has 0 aliphatic rings. The Morgan fingerprint density at radius 2 is 1.93 bits per heavy atom. The number of thiazole rings is 1. The van der Waals surface area contributed by atoms with E-state index in [4.69, 9.17) is 4.74 Å². The predicted octanol–water partition coefficient (Wildman–Crippen LogP) is 5.58. The van der Waals surface area contributed by atoms with Crippen molar-refractivity contribution >= 4 is 40.0 Å².